The second-order valence-electron chi connectivity index (χ2n) is 2.93. The molecule has 2 N–H and O–H groups in total. The molecule has 0 unspecified atom stereocenters. The molecule has 0 fully saturated rings. The Morgan fingerprint density at radius 3 is 2.38 bits per heavy atom. The third kappa shape index (κ3) is 2.50. The van der Waals surface area contributed by atoms with Gasteiger partial charge in [-0.25, -0.2) is 0 Å². The monoisotopic (exact) mass is 298 g/mol. The van der Waals surface area contributed by atoms with E-state index >= 15 is 0 Å². The number of nitrogens with zero attached hydrogens (tertiary/aromatic N) is 1. The highest BCUT2D eigenvalue weighted by Crippen LogP contribution is 2.38. The lowest BCUT2D eigenvalue weighted by atomic mass is 10.1. The minimum absolute atomic E-state index is 0.0431. The first kappa shape index (κ1) is 12.9. The van der Waals surface area contributed by atoms with E-state index < -0.39 is 22.4 Å². The number of rotatable bonds is 2. The summed E-state index contributed by atoms with van der Waals surface area (Å²) >= 11 is 2.74. The van der Waals surface area contributed by atoms with Crippen molar-refractivity contribution in [3.05, 3.63) is 37.8 Å². The van der Waals surface area contributed by atoms with Gasteiger partial charge in [0.25, 0.3) is 5.69 Å². The van der Waals surface area contributed by atoms with Crippen LogP contribution in [0, 0.1) is 10.1 Å². The third-order valence-corrected chi connectivity index (χ3v) is 2.81. The van der Waals surface area contributed by atoms with Gasteiger partial charge in [0, 0.05) is 23.2 Å². The lowest BCUT2D eigenvalue weighted by Crippen LogP contribution is -2.10. The van der Waals surface area contributed by atoms with Crippen LogP contribution in [0.3, 0.4) is 0 Å². The van der Waals surface area contributed by atoms with Crippen molar-refractivity contribution in [2.75, 3.05) is 0 Å². The maximum Gasteiger partial charge on any atom is 0.417 e. The van der Waals surface area contributed by atoms with Crippen LogP contribution in [-0.2, 0) is 12.7 Å². The molecule has 0 aliphatic rings. The van der Waals surface area contributed by atoms with E-state index in [9.17, 15) is 23.3 Å². The summed E-state index contributed by atoms with van der Waals surface area (Å²) in [5, 5.41) is 10.4. The summed E-state index contributed by atoms with van der Waals surface area (Å²) in [5.41, 5.74) is 3.53. The topological polar surface area (TPSA) is 69.2 Å². The van der Waals surface area contributed by atoms with Crippen LogP contribution in [0.4, 0.5) is 18.9 Å². The molecule has 0 spiro atoms. The van der Waals surface area contributed by atoms with Crippen molar-refractivity contribution in [1.82, 2.24) is 0 Å². The van der Waals surface area contributed by atoms with Crippen molar-refractivity contribution in [3.8, 4) is 0 Å². The van der Waals surface area contributed by atoms with E-state index in [1.807, 2.05) is 0 Å². The van der Waals surface area contributed by atoms with Crippen molar-refractivity contribution in [2.45, 2.75) is 12.7 Å². The summed E-state index contributed by atoms with van der Waals surface area (Å²) in [5.74, 6) is 0. The van der Waals surface area contributed by atoms with Gasteiger partial charge in [0.15, 0.2) is 0 Å². The highest BCUT2D eigenvalue weighted by atomic mass is 79.9. The van der Waals surface area contributed by atoms with Gasteiger partial charge in [-0.1, -0.05) is 0 Å². The zero-order chi connectivity index (χ0) is 12.5. The second-order valence-corrected chi connectivity index (χ2v) is 3.72. The van der Waals surface area contributed by atoms with Crippen LogP contribution >= 0.6 is 15.9 Å². The highest BCUT2D eigenvalue weighted by Gasteiger charge is 2.35. The zero-order valence-corrected chi connectivity index (χ0v) is 9.30. The SMILES string of the molecule is NCc1cc([N+](=O)[O-])cc(C(F)(F)F)c1Br. The van der Waals surface area contributed by atoms with Crippen LogP contribution in [0.15, 0.2) is 16.6 Å². The highest BCUT2D eigenvalue weighted by molar-refractivity contribution is 9.10. The van der Waals surface area contributed by atoms with E-state index in [-0.39, 0.29) is 16.6 Å². The Hall–Kier alpha value is -1.15. The minimum Gasteiger partial charge on any atom is -0.326 e. The van der Waals surface area contributed by atoms with E-state index in [2.05, 4.69) is 15.9 Å². The van der Waals surface area contributed by atoms with Gasteiger partial charge in [0.2, 0.25) is 0 Å². The van der Waals surface area contributed by atoms with Crippen molar-refractivity contribution in [1.29, 1.82) is 0 Å². The molecule has 1 rings (SSSR count). The number of benzene rings is 1. The molecule has 0 atom stereocenters. The number of alkyl halides is 3. The van der Waals surface area contributed by atoms with Crippen LogP contribution in [0.25, 0.3) is 0 Å². The number of hydrogen-bond donors (Lipinski definition) is 1. The van der Waals surface area contributed by atoms with Crippen molar-refractivity contribution in [3.63, 3.8) is 0 Å². The summed E-state index contributed by atoms with van der Waals surface area (Å²) in [6, 6.07) is 1.49. The number of halogens is 4. The van der Waals surface area contributed by atoms with Gasteiger partial charge in [0.1, 0.15) is 0 Å². The maximum absolute atomic E-state index is 12.5. The Bertz CT molecular complexity index is 434. The zero-order valence-electron chi connectivity index (χ0n) is 7.71. The molecule has 0 aliphatic carbocycles. The maximum atomic E-state index is 12.5. The largest absolute Gasteiger partial charge is 0.417 e. The van der Waals surface area contributed by atoms with Gasteiger partial charge in [0.05, 0.1) is 10.5 Å². The van der Waals surface area contributed by atoms with Crippen LogP contribution in [-0.4, -0.2) is 4.92 Å². The number of nitro benzene ring substituents is 1. The average Bonchev–Trinajstić information content (AvgIpc) is 2.15. The van der Waals surface area contributed by atoms with Crippen LogP contribution < -0.4 is 5.73 Å². The standard InChI is InChI=1S/C8H6BrF3N2O2/c9-7-4(3-13)1-5(14(15)16)2-6(7)8(10,11)12/h1-2H,3,13H2. The Balaban J connectivity index is 3.48. The smallest absolute Gasteiger partial charge is 0.326 e. The normalized spacial score (nSPS) is 11.6. The predicted molar refractivity (Wildman–Crippen MR) is 53.7 cm³/mol. The number of non-ortho nitro benzene ring substituents is 1. The summed E-state index contributed by atoms with van der Waals surface area (Å²) < 4.78 is 37.3. The number of nitrogens with two attached hydrogens (primary N) is 1. The summed E-state index contributed by atoms with van der Waals surface area (Å²) in [7, 11) is 0. The van der Waals surface area contributed by atoms with E-state index in [4.69, 9.17) is 5.73 Å². The third-order valence-electron chi connectivity index (χ3n) is 1.87. The first-order valence-corrected chi connectivity index (χ1v) is 4.80. The van der Waals surface area contributed by atoms with Gasteiger partial charge in [-0.15, -0.1) is 0 Å². The fourth-order valence-corrected chi connectivity index (χ4v) is 1.74. The van der Waals surface area contributed by atoms with Crippen molar-refractivity contribution >= 4 is 21.6 Å². The summed E-state index contributed by atoms with van der Waals surface area (Å²) in [6.45, 7) is -0.217. The molecule has 88 valence electrons. The molecule has 8 heteroatoms. The molecule has 4 nitrogen and oxygen atoms in total. The van der Waals surface area contributed by atoms with E-state index in [1.54, 1.807) is 0 Å². The molecule has 0 saturated heterocycles. The molecule has 0 saturated carbocycles. The average molecular weight is 299 g/mol. The van der Waals surface area contributed by atoms with E-state index in [0.29, 0.717) is 6.07 Å². The Morgan fingerprint density at radius 2 is 2.00 bits per heavy atom. The van der Waals surface area contributed by atoms with Gasteiger partial charge < -0.3 is 5.73 Å². The second kappa shape index (κ2) is 4.38. The van der Waals surface area contributed by atoms with Crippen molar-refractivity contribution < 1.29 is 18.1 Å². The van der Waals surface area contributed by atoms with Gasteiger partial charge in [-0.2, -0.15) is 13.2 Å². The summed E-state index contributed by atoms with van der Waals surface area (Å²) in [6.07, 6.45) is -4.66. The lowest BCUT2D eigenvalue weighted by molar-refractivity contribution is -0.385. The van der Waals surface area contributed by atoms with Crippen LogP contribution in [0.1, 0.15) is 11.1 Å². The van der Waals surface area contributed by atoms with E-state index in [0.717, 1.165) is 6.07 Å². The molecule has 0 aliphatic heterocycles. The van der Waals surface area contributed by atoms with Gasteiger partial charge >= 0.3 is 6.18 Å². The van der Waals surface area contributed by atoms with Crippen LogP contribution in [0.2, 0.25) is 0 Å². The van der Waals surface area contributed by atoms with Crippen LogP contribution in [0.5, 0.6) is 0 Å². The number of nitro groups is 1. The molecular weight excluding hydrogens is 293 g/mol. The molecule has 0 radical (unpaired) electrons. The summed E-state index contributed by atoms with van der Waals surface area (Å²) in [4.78, 5) is 9.55. The molecule has 0 heterocycles. The van der Waals surface area contributed by atoms with E-state index in [1.165, 1.54) is 0 Å². The van der Waals surface area contributed by atoms with Gasteiger partial charge in [-0.3, -0.25) is 10.1 Å². The Morgan fingerprint density at radius 1 is 1.44 bits per heavy atom. The first-order valence-electron chi connectivity index (χ1n) is 4.01. The fraction of sp³-hybridized carbons (Fsp3) is 0.250. The van der Waals surface area contributed by atoms with Gasteiger partial charge in [-0.05, 0) is 21.5 Å². The molecule has 16 heavy (non-hydrogen) atoms. The Kier molecular flexibility index (Phi) is 3.54. The van der Waals surface area contributed by atoms with Crippen molar-refractivity contribution in [2.24, 2.45) is 5.73 Å². The quantitative estimate of drug-likeness (QED) is 0.674. The predicted octanol–water partition coefficient (Wildman–Crippen LogP) is 2.83. The molecule has 0 aromatic heterocycles. The first-order chi connectivity index (χ1) is 7.27. The molecule has 1 aromatic carbocycles. The lowest BCUT2D eigenvalue weighted by Gasteiger charge is -2.11. The molecular formula is C8H6BrF3N2O2. The molecule has 0 bridgehead atoms. The Labute approximate surface area is 96.5 Å². The molecule has 0 amide bonds. The molecule has 1 aromatic rings. The fourth-order valence-electron chi connectivity index (χ4n) is 1.13. The minimum atomic E-state index is -4.66. The number of hydrogen-bond acceptors (Lipinski definition) is 3.